The zero-order chi connectivity index (χ0) is 17.7. The normalized spacial score (nSPS) is 13.9. The Morgan fingerprint density at radius 1 is 1.14 bits per heavy atom. The lowest BCUT2D eigenvalue weighted by Crippen LogP contribution is -2.52. The van der Waals surface area contributed by atoms with E-state index in [1.165, 1.54) is 0 Å². The van der Waals surface area contributed by atoms with Crippen LogP contribution < -0.4 is 5.32 Å². The number of carbonyl (C=O) groups excluding carboxylic acids is 1. The molecule has 0 bridgehead atoms. The van der Waals surface area contributed by atoms with Gasteiger partial charge in [-0.1, -0.05) is 13.8 Å². The Balaban J connectivity index is 4.76. The van der Waals surface area contributed by atoms with Crippen LogP contribution in [0.15, 0.2) is 0 Å². The second-order valence-corrected chi connectivity index (χ2v) is 7.82. The van der Waals surface area contributed by atoms with Crippen molar-refractivity contribution in [3.05, 3.63) is 0 Å². The van der Waals surface area contributed by atoms with E-state index in [-0.39, 0.29) is 5.92 Å². The van der Waals surface area contributed by atoms with E-state index >= 15 is 0 Å². The number of nitrogens with zero attached hydrogens (tertiary/aromatic N) is 1. The molecular weight excluding hydrogens is 284 g/mol. The van der Waals surface area contributed by atoms with Crippen LogP contribution in [0, 0.1) is 5.92 Å². The van der Waals surface area contributed by atoms with Crippen LogP contribution in [0.4, 0.5) is 4.79 Å². The fourth-order valence-corrected chi connectivity index (χ4v) is 1.96. The van der Waals surface area contributed by atoms with E-state index in [2.05, 4.69) is 5.32 Å². The minimum atomic E-state index is -0.880. The largest absolute Gasteiger partial charge is 0.480 e. The molecule has 6 nitrogen and oxygen atoms in total. The van der Waals surface area contributed by atoms with Gasteiger partial charge in [-0.05, 0) is 47.5 Å². The molecule has 0 radical (unpaired) electrons. The highest BCUT2D eigenvalue weighted by atomic mass is 16.6. The minimum Gasteiger partial charge on any atom is -0.480 e. The first-order valence-corrected chi connectivity index (χ1v) is 7.72. The number of aliphatic carboxylic acids is 1. The van der Waals surface area contributed by atoms with Crippen molar-refractivity contribution in [3.8, 4) is 0 Å². The van der Waals surface area contributed by atoms with Gasteiger partial charge in [0.25, 0.3) is 0 Å². The Labute approximate surface area is 134 Å². The van der Waals surface area contributed by atoms with E-state index < -0.39 is 29.2 Å². The Hall–Kier alpha value is -1.30. The number of amides is 1. The molecule has 0 saturated heterocycles. The fourth-order valence-electron chi connectivity index (χ4n) is 1.96. The monoisotopic (exact) mass is 316 g/mol. The third-order valence-corrected chi connectivity index (χ3v) is 3.06. The molecule has 0 heterocycles. The second kappa shape index (κ2) is 7.81. The van der Waals surface area contributed by atoms with E-state index in [4.69, 9.17) is 9.84 Å². The summed E-state index contributed by atoms with van der Waals surface area (Å²) in [5.41, 5.74) is -0.962. The molecule has 0 aliphatic heterocycles. The van der Waals surface area contributed by atoms with Crippen LogP contribution in [0.1, 0.15) is 55.4 Å². The lowest BCUT2D eigenvalue weighted by Gasteiger charge is -2.37. The van der Waals surface area contributed by atoms with E-state index in [1.807, 2.05) is 55.4 Å². The summed E-state index contributed by atoms with van der Waals surface area (Å²) in [7, 11) is 0. The van der Waals surface area contributed by atoms with Gasteiger partial charge >= 0.3 is 12.1 Å². The van der Waals surface area contributed by atoms with Gasteiger partial charge in [0.05, 0.1) is 0 Å². The predicted octanol–water partition coefficient (Wildman–Crippen LogP) is 2.72. The van der Waals surface area contributed by atoms with E-state index in [9.17, 15) is 9.59 Å². The van der Waals surface area contributed by atoms with Gasteiger partial charge in [-0.3, -0.25) is 4.79 Å². The summed E-state index contributed by atoms with van der Waals surface area (Å²) in [5, 5.41) is 12.2. The van der Waals surface area contributed by atoms with E-state index in [0.717, 1.165) is 0 Å². The van der Waals surface area contributed by atoms with Gasteiger partial charge in [-0.2, -0.15) is 0 Å². The van der Waals surface area contributed by atoms with Crippen molar-refractivity contribution in [3.63, 3.8) is 0 Å². The number of hydrogen-bond acceptors (Lipinski definition) is 4. The van der Waals surface area contributed by atoms with Crippen molar-refractivity contribution in [1.29, 1.82) is 0 Å². The summed E-state index contributed by atoms with van der Waals surface area (Å²) in [6.07, 6.45) is -0.391. The molecule has 0 rings (SSSR count). The molecular formula is C16H32N2O4. The third-order valence-electron chi connectivity index (χ3n) is 3.06. The predicted molar refractivity (Wildman–Crippen MR) is 87.0 cm³/mol. The van der Waals surface area contributed by atoms with Gasteiger partial charge in [0.2, 0.25) is 0 Å². The van der Waals surface area contributed by atoms with Crippen LogP contribution in [-0.2, 0) is 9.53 Å². The van der Waals surface area contributed by atoms with Crippen LogP contribution in [0.2, 0.25) is 0 Å². The maximum absolute atomic E-state index is 12.3. The summed E-state index contributed by atoms with van der Waals surface area (Å²) < 4.78 is 5.42. The van der Waals surface area contributed by atoms with Crippen LogP contribution in [-0.4, -0.2) is 52.3 Å². The lowest BCUT2D eigenvalue weighted by molar-refractivity contribution is -0.140. The second-order valence-electron chi connectivity index (χ2n) is 7.82. The molecule has 0 aliphatic carbocycles. The summed E-state index contributed by atoms with van der Waals surface area (Å²) in [5.74, 6) is -0.906. The van der Waals surface area contributed by atoms with Gasteiger partial charge in [0.15, 0.2) is 0 Å². The van der Waals surface area contributed by atoms with Gasteiger partial charge in [0, 0.05) is 18.6 Å². The molecule has 2 N–H and O–H groups in total. The maximum atomic E-state index is 12.3. The summed E-state index contributed by atoms with van der Waals surface area (Å²) in [4.78, 5) is 25.1. The molecule has 0 aliphatic rings. The van der Waals surface area contributed by atoms with Gasteiger partial charge in [0.1, 0.15) is 11.6 Å². The molecule has 130 valence electrons. The number of carboxylic acids is 1. The van der Waals surface area contributed by atoms with Crippen molar-refractivity contribution in [2.24, 2.45) is 5.92 Å². The standard InChI is InChI=1S/C16H32N2O4/c1-11(2)12(13(19)20)17-9-10-18(15(3,4)5)14(21)22-16(6,7)8/h11-12,17H,9-10H2,1-8H3,(H,19,20). The molecule has 22 heavy (non-hydrogen) atoms. The lowest BCUT2D eigenvalue weighted by atomic mass is 10.0. The van der Waals surface area contributed by atoms with Crippen molar-refractivity contribution in [1.82, 2.24) is 10.2 Å². The number of carboxylic acid groups (broad SMARTS) is 1. The summed E-state index contributed by atoms with van der Waals surface area (Å²) in [6.45, 7) is 15.7. The number of hydrogen-bond donors (Lipinski definition) is 2. The Bertz CT molecular complexity index is 381. The molecule has 6 heteroatoms. The molecule has 0 fully saturated rings. The SMILES string of the molecule is CC(C)C(NCCN(C(=O)OC(C)(C)C)C(C)(C)C)C(=O)O. The smallest absolute Gasteiger partial charge is 0.410 e. The number of carbonyl (C=O) groups is 2. The molecule has 0 aromatic carbocycles. The topological polar surface area (TPSA) is 78.9 Å². The molecule has 1 amide bonds. The zero-order valence-corrected chi connectivity index (χ0v) is 15.2. The first-order chi connectivity index (χ1) is 9.75. The minimum absolute atomic E-state index is 0.0258. The molecule has 0 spiro atoms. The van der Waals surface area contributed by atoms with Crippen LogP contribution >= 0.6 is 0 Å². The van der Waals surface area contributed by atoms with Crippen LogP contribution in [0.25, 0.3) is 0 Å². The highest BCUT2D eigenvalue weighted by Crippen LogP contribution is 2.18. The van der Waals surface area contributed by atoms with E-state index in [1.54, 1.807) is 4.90 Å². The molecule has 0 saturated carbocycles. The highest BCUT2D eigenvalue weighted by Gasteiger charge is 2.30. The molecule has 1 atom stereocenters. The van der Waals surface area contributed by atoms with Crippen molar-refractivity contribution >= 4 is 12.1 Å². The van der Waals surface area contributed by atoms with Gasteiger partial charge in [-0.15, -0.1) is 0 Å². The highest BCUT2D eigenvalue weighted by molar-refractivity contribution is 5.73. The molecule has 0 aromatic heterocycles. The number of rotatable bonds is 6. The van der Waals surface area contributed by atoms with Crippen LogP contribution in [0.5, 0.6) is 0 Å². The number of ether oxygens (including phenoxy) is 1. The summed E-state index contributed by atoms with van der Waals surface area (Å²) in [6, 6.07) is -0.625. The number of nitrogens with one attached hydrogen (secondary N) is 1. The van der Waals surface area contributed by atoms with Crippen molar-refractivity contribution in [2.75, 3.05) is 13.1 Å². The fraction of sp³-hybridized carbons (Fsp3) is 0.875. The molecule has 0 aromatic rings. The van der Waals surface area contributed by atoms with Crippen LogP contribution in [0.3, 0.4) is 0 Å². The Morgan fingerprint density at radius 3 is 1.95 bits per heavy atom. The third kappa shape index (κ3) is 7.64. The molecule has 1 unspecified atom stereocenters. The maximum Gasteiger partial charge on any atom is 0.410 e. The van der Waals surface area contributed by atoms with E-state index in [0.29, 0.717) is 13.1 Å². The average Bonchev–Trinajstić information content (AvgIpc) is 2.22. The average molecular weight is 316 g/mol. The first kappa shape index (κ1) is 20.7. The Morgan fingerprint density at radius 2 is 1.64 bits per heavy atom. The van der Waals surface area contributed by atoms with Gasteiger partial charge in [-0.25, -0.2) is 4.79 Å². The van der Waals surface area contributed by atoms with Crippen molar-refractivity contribution < 1.29 is 19.4 Å². The quantitative estimate of drug-likeness (QED) is 0.787. The van der Waals surface area contributed by atoms with Gasteiger partial charge < -0.3 is 20.1 Å². The van der Waals surface area contributed by atoms with Crippen molar-refractivity contribution in [2.45, 2.75) is 72.6 Å². The Kier molecular flexibility index (Phi) is 7.35. The summed E-state index contributed by atoms with van der Waals surface area (Å²) >= 11 is 0. The first-order valence-electron chi connectivity index (χ1n) is 7.72. The zero-order valence-electron chi connectivity index (χ0n) is 15.2.